The van der Waals surface area contributed by atoms with Gasteiger partial charge in [-0.05, 0) is 73.2 Å². The zero-order valence-corrected chi connectivity index (χ0v) is 30.2. The van der Waals surface area contributed by atoms with Crippen molar-refractivity contribution in [3.63, 3.8) is 0 Å². The normalized spacial score (nSPS) is 17.4. The Kier molecular flexibility index (Phi) is 9.98. The number of amides is 1. The van der Waals surface area contributed by atoms with Gasteiger partial charge in [0.1, 0.15) is 28.1 Å². The van der Waals surface area contributed by atoms with Crippen LogP contribution in [0, 0.1) is 19.3 Å². The molecule has 13 heteroatoms. The summed E-state index contributed by atoms with van der Waals surface area (Å²) in [4.78, 5) is 23.2. The van der Waals surface area contributed by atoms with Crippen molar-refractivity contribution in [2.75, 3.05) is 11.9 Å². The van der Waals surface area contributed by atoms with E-state index in [0.29, 0.717) is 41.7 Å². The molecule has 12 nitrogen and oxygen atoms in total. The number of nitrogens with two attached hydrogens (primary N) is 1. The Morgan fingerprint density at radius 2 is 1.84 bits per heavy atom. The van der Waals surface area contributed by atoms with E-state index in [0.717, 1.165) is 38.9 Å². The molecule has 0 bridgehead atoms. The number of nitrogens with one attached hydrogen (secondary N) is 1. The van der Waals surface area contributed by atoms with Gasteiger partial charge in [-0.25, -0.2) is 14.6 Å². The molecule has 0 spiro atoms. The van der Waals surface area contributed by atoms with Crippen molar-refractivity contribution in [2.45, 2.75) is 84.5 Å². The summed E-state index contributed by atoms with van der Waals surface area (Å²) < 4.78 is 33.3. The molecule has 1 amide bonds. The lowest BCUT2D eigenvalue weighted by atomic mass is 9.69. The van der Waals surface area contributed by atoms with Crippen molar-refractivity contribution in [1.29, 1.82) is 0 Å². The molecule has 2 atom stereocenters. The Hall–Kier alpha value is -4.40. The molecule has 264 valence electrons. The number of carbonyl (C=O) groups excluding carboxylic acids is 1. The monoisotopic (exact) mass is 698 g/mol. The summed E-state index contributed by atoms with van der Waals surface area (Å²) in [6.07, 6.45) is 3.61. The maximum absolute atomic E-state index is 14.3. The number of anilines is 1. The van der Waals surface area contributed by atoms with E-state index >= 15 is 0 Å². The third-order valence-electron chi connectivity index (χ3n) is 9.76. The quantitative estimate of drug-likeness (QED) is 0.122. The van der Waals surface area contributed by atoms with Crippen LogP contribution in [-0.2, 0) is 24.4 Å². The Bertz CT molecular complexity index is 2010. The Labute approximate surface area is 294 Å². The van der Waals surface area contributed by atoms with E-state index in [9.17, 15) is 13.9 Å². The zero-order chi connectivity index (χ0) is 35.8. The molecule has 0 saturated carbocycles. The maximum Gasteiger partial charge on any atom is 0.231 e. The third-order valence-corrected chi connectivity index (χ3v) is 11.7. The van der Waals surface area contributed by atoms with Crippen LogP contribution in [0.15, 0.2) is 71.9 Å². The Morgan fingerprint density at radius 3 is 2.54 bits per heavy atom. The number of benzene rings is 3. The van der Waals surface area contributed by atoms with Crippen LogP contribution in [0.2, 0.25) is 0 Å². The number of para-hydroxylation sites is 1. The van der Waals surface area contributed by atoms with Gasteiger partial charge in [-0.2, -0.15) is 4.31 Å². The lowest BCUT2D eigenvalue weighted by molar-refractivity contribution is -0.124. The van der Waals surface area contributed by atoms with Crippen molar-refractivity contribution in [1.82, 2.24) is 29.3 Å². The number of rotatable bonds is 10. The molecule has 6 rings (SSSR count). The molecule has 3 heterocycles. The number of aryl methyl sites for hydroxylation is 3. The van der Waals surface area contributed by atoms with Gasteiger partial charge in [0.25, 0.3) is 0 Å². The van der Waals surface area contributed by atoms with Crippen molar-refractivity contribution >= 4 is 33.4 Å². The van der Waals surface area contributed by atoms with Crippen LogP contribution in [0.25, 0.3) is 11.0 Å². The molecule has 5 aromatic rings. The first-order valence-corrected chi connectivity index (χ1v) is 18.4. The molecule has 1 aliphatic heterocycles. The van der Waals surface area contributed by atoms with Gasteiger partial charge in [-0.1, -0.05) is 62.4 Å². The summed E-state index contributed by atoms with van der Waals surface area (Å²) in [6, 6.07) is 17.4. The van der Waals surface area contributed by atoms with Crippen LogP contribution in [-0.4, -0.2) is 56.9 Å². The number of ether oxygens (including phenoxy) is 1. The second kappa shape index (κ2) is 14.1. The average Bonchev–Trinajstić information content (AvgIpc) is 3.50. The minimum Gasteiger partial charge on any atom is -0.487 e. The summed E-state index contributed by atoms with van der Waals surface area (Å²) in [5.41, 5.74) is 11.6. The highest BCUT2D eigenvalue weighted by atomic mass is 32.3. The van der Waals surface area contributed by atoms with Gasteiger partial charge in [0, 0.05) is 19.0 Å². The minimum atomic E-state index is -3.37. The summed E-state index contributed by atoms with van der Waals surface area (Å²) in [7, 11) is -3.37. The van der Waals surface area contributed by atoms with Crippen LogP contribution in [0.3, 0.4) is 0 Å². The number of hydrogen-bond acceptors (Lipinski definition) is 10. The van der Waals surface area contributed by atoms with Crippen LogP contribution >= 0.6 is 10.8 Å². The maximum atomic E-state index is 14.3. The predicted octanol–water partition coefficient (Wildman–Crippen LogP) is 6.81. The summed E-state index contributed by atoms with van der Waals surface area (Å²) in [5, 5.41) is 11.9. The number of carbonyl (C=O) groups is 1. The topological polar surface area (TPSA) is 165 Å². The first kappa shape index (κ1) is 35.4. The van der Waals surface area contributed by atoms with Gasteiger partial charge in [0.05, 0.1) is 42.1 Å². The molecule has 3 aromatic carbocycles. The molecular weight excluding hydrogens is 653 g/mol. The molecule has 1 aliphatic rings. The fourth-order valence-electron chi connectivity index (χ4n) is 6.72. The zero-order valence-electron chi connectivity index (χ0n) is 29.4. The van der Waals surface area contributed by atoms with E-state index in [-0.39, 0.29) is 25.1 Å². The third kappa shape index (κ3) is 6.59. The number of hydrogen-bond donors (Lipinski definition) is 4. The molecule has 0 fully saturated rings. The van der Waals surface area contributed by atoms with E-state index in [1.54, 1.807) is 34.9 Å². The highest BCUT2D eigenvalue weighted by Gasteiger charge is 2.41. The molecule has 0 unspecified atom stereocenters. The lowest BCUT2D eigenvalue weighted by Gasteiger charge is -2.42. The molecular formula is C37H46N8O4S. The highest BCUT2D eigenvalue weighted by Crippen LogP contribution is 2.57. The smallest absolute Gasteiger partial charge is 0.231 e. The van der Waals surface area contributed by atoms with Gasteiger partial charge >= 0.3 is 0 Å². The van der Waals surface area contributed by atoms with Gasteiger partial charge in [0.2, 0.25) is 5.91 Å². The van der Waals surface area contributed by atoms with E-state index in [1.807, 2.05) is 64.4 Å². The van der Waals surface area contributed by atoms with Gasteiger partial charge in [-0.3, -0.25) is 13.9 Å². The largest absolute Gasteiger partial charge is 0.487 e. The Balaban J connectivity index is 1.44. The van der Waals surface area contributed by atoms with Gasteiger partial charge in [-0.15, -0.1) is 15.9 Å². The molecule has 0 aliphatic carbocycles. The van der Waals surface area contributed by atoms with E-state index in [2.05, 4.69) is 43.8 Å². The molecule has 0 radical (unpaired) electrons. The van der Waals surface area contributed by atoms with Crippen molar-refractivity contribution in [2.24, 2.45) is 11.1 Å². The van der Waals surface area contributed by atoms with E-state index in [4.69, 9.17) is 10.5 Å². The second-order valence-corrected chi connectivity index (χ2v) is 15.4. The van der Waals surface area contributed by atoms with Crippen molar-refractivity contribution in [3.8, 4) is 5.75 Å². The van der Waals surface area contributed by atoms with Crippen LogP contribution < -0.4 is 15.8 Å². The fraction of sp³-hybridized carbons (Fsp3) is 0.378. The second-order valence-electron chi connectivity index (χ2n) is 13.4. The van der Waals surface area contributed by atoms with Crippen molar-refractivity contribution < 1.29 is 18.6 Å². The highest BCUT2D eigenvalue weighted by molar-refractivity contribution is 8.22. The standard InChI is InChI=1S/C37H46N8O4S/c1-7-28-22-44(50(47,48)32-12-10-9-11-31(32)49-28)21-26-17-25(14-13-23(26)3)34(29-15-16-30-35(24(29)4)42-43-45(30)8-2)37(5,6)36(46)41-27-19-39-33(18-38)40-20-27/h9-17,19-20,28,34,47-48H,7-8,18,21-22,38H2,1-6H3,(H,41,46)/t28-,34+/m1/s1. The Morgan fingerprint density at radius 1 is 1.10 bits per heavy atom. The molecule has 5 N–H and O–H groups in total. The molecule has 50 heavy (non-hydrogen) atoms. The van der Waals surface area contributed by atoms with Crippen LogP contribution in [0.1, 0.15) is 73.7 Å². The first-order chi connectivity index (χ1) is 23.9. The molecule has 2 aromatic heterocycles. The molecule has 0 saturated heterocycles. The average molecular weight is 699 g/mol. The van der Waals surface area contributed by atoms with E-state index in [1.165, 1.54) is 0 Å². The fourth-order valence-corrected chi connectivity index (χ4v) is 8.34. The minimum absolute atomic E-state index is 0.202. The van der Waals surface area contributed by atoms with E-state index < -0.39 is 22.1 Å². The lowest BCUT2D eigenvalue weighted by Crippen LogP contribution is -2.37. The SMILES string of the molecule is CC[C@@H]1CN(Cc2cc([C@@H](c3ccc4c(nnn4CC)c3C)C(C)(C)C(=O)Nc3cnc(CN)nc3)ccc2C)S(O)(O)c2ccccc2O1. The van der Waals surface area contributed by atoms with Gasteiger partial charge in [0.15, 0.2) is 0 Å². The number of aromatic nitrogens is 5. The number of nitrogens with zero attached hydrogens (tertiary/aromatic N) is 6. The summed E-state index contributed by atoms with van der Waals surface area (Å²) in [5.74, 6) is 0.331. The van der Waals surface area contributed by atoms with Crippen LogP contribution in [0.4, 0.5) is 5.69 Å². The number of fused-ring (bicyclic) bond motifs is 2. The van der Waals surface area contributed by atoms with Crippen molar-refractivity contribution in [3.05, 3.63) is 101 Å². The summed E-state index contributed by atoms with van der Waals surface area (Å²) >= 11 is 0. The van der Waals surface area contributed by atoms with Gasteiger partial charge < -0.3 is 15.8 Å². The predicted molar refractivity (Wildman–Crippen MR) is 196 cm³/mol. The van der Waals surface area contributed by atoms with Crippen LogP contribution in [0.5, 0.6) is 5.75 Å². The first-order valence-electron chi connectivity index (χ1n) is 16.9. The summed E-state index contributed by atoms with van der Waals surface area (Å²) in [6.45, 7) is 13.4.